The first-order valence-electron chi connectivity index (χ1n) is 9.56. The van der Waals surface area contributed by atoms with E-state index >= 15 is 0 Å². The molecule has 8 nitrogen and oxygen atoms in total. The summed E-state index contributed by atoms with van der Waals surface area (Å²) in [4.78, 5) is 32.1. The lowest BCUT2D eigenvalue weighted by Crippen LogP contribution is -2.23. The molecule has 12 heteroatoms. The van der Waals surface area contributed by atoms with Gasteiger partial charge in [-0.3, -0.25) is 9.59 Å². The molecule has 2 N–H and O–H groups in total. The number of aromatic amines is 1. The van der Waals surface area contributed by atoms with Crippen LogP contribution in [0.25, 0.3) is 16.7 Å². The summed E-state index contributed by atoms with van der Waals surface area (Å²) >= 11 is 1.02. The van der Waals surface area contributed by atoms with Crippen molar-refractivity contribution in [3.63, 3.8) is 0 Å². The van der Waals surface area contributed by atoms with Crippen molar-refractivity contribution in [2.45, 2.75) is 23.7 Å². The number of rotatable bonds is 6. The highest BCUT2D eigenvalue weighted by Gasteiger charge is 2.31. The van der Waals surface area contributed by atoms with Gasteiger partial charge in [0, 0.05) is 5.69 Å². The Morgan fingerprint density at radius 3 is 2.52 bits per heavy atom. The smallest absolute Gasteiger partial charge is 0.406 e. The third kappa shape index (κ3) is 5.34. The second-order valence-electron chi connectivity index (χ2n) is 6.82. The molecule has 4 aromatic rings. The van der Waals surface area contributed by atoms with Crippen molar-refractivity contribution < 1.29 is 22.7 Å². The molecule has 0 spiro atoms. The van der Waals surface area contributed by atoms with Crippen LogP contribution < -0.4 is 15.6 Å². The monoisotopic (exact) mass is 475 g/mol. The SMILES string of the molecule is C[C@H](Sc1nc2c(cnn2-c2ccccc2)c(=O)[nH]1)C(=O)Nc1ccc(OC(F)(F)F)cc1. The Hall–Kier alpha value is -3.80. The van der Waals surface area contributed by atoms with Gasteiger partial charge < -0.3 is 15.0 Å². The van der Waals surface area contributed by atoms with Crippen LogP contribution in [0.2, 0.25) is 0 Å². The lowest BCUT2D eigenvalue weighted by molar-refractivity contribution is -0.274. The molecule has 1 atom stereocenters. The highest BCUT2D eigenvalue weighted by molar-refractivity contribution is 8.00. The van der Waals surface area contributed by atoms with Crippen molar-refractivity contribution in [2.24, 2.45) is 0 Å². The van der Waals surface area contributed by atoms with Crippen molar-refractivity contribution >= 4 is 34.4 Å². The van der Waals surface area contributed by atoms with Gasteiger partial charge >= 0.3 is 6.36 Å². The summed E-state index contributed by atoms with van der Waals surface area (Å²) in [7, 11) is 0. The number of carbonyl (C=O) groups is 1. The molecule has 2 aromatic carbocycles. The van der Waals surface area contributed by atoms with Gasteiger partial charge in [-0.2, -0.15) is 5.10 Å². The Morgan fingerprint density at radius 2 is 1.85 bits per heavy atom. The van der Waals surface area contributed by atoms with E-state index in [-0.39, 0.29) is 5.16 Å². The quantitative estimate of drug-likeness (QED) is 0.321. The molecule has 0 aliphatic heterocycles. The fourth-order valence-corrected chi connectivity index (χ4v) is 3.71. The van der Waals surface area contributed by atoms with Crippen molar-refractivity contribution in [1.29, 1.82) is 0 Å². The Balaban J connectivity index is 1.48. The van der Waals surface area contributed by atoms with E-state index in [0.29, 0.717) is 16.7 Å². The lowest BCUT2D eigenvalue weighted by Gasteiger charge is -2.13. The third-order valence-electron chi connectivity index (χ3n) is 4.43. The Labute approximate surface area is 188 Å². The van der Waals surface area contributed by atoms with Gasteiger partial charge in [0.2, 0.25) is 5.91 Å². The van der Waals surface area contributed by atoms with Gasteiger partial charge in [0.1, 0.15) is 11.1 Å². The van der Waals surface area contributed by atoms with Crippen LogP contribution in [0.1, 0.15) is 6.92 Å². The number of hydrogen-bond donors (Lipinski definition) is 2. The van der Waals surface area contributed by atoms with Gasteiger partial charge in [-0.15, -0.1) is 13.2 Å². The van der Waals surface area contributed by atoms with Crippen LogP contribution >= 0.6 is 11.8 Å². The Kier molecular flexibility index (Phi) is 6.09. The van der Waals surface area contributed by atoms with Crippen LogP contribution in [0.15, 0.2) is 70.7 Å². The number of alkyl halides is 3. The van der Waals surface area contributed by atoms with Crippen LogP contribution in [0.4, 0.5) is 18.9 Å². The Morgan fingerprint density at radius 1 is 1.15 bits per heavy atom. The molecule has 2 heterocycles. The topological polar surface area (TPSA) is 102 Å². The average Bonchev–Trinajstić information content (AvgIpc) is 3.19. The number of hydrogen-bond acceptors (Lipinski definition) is 6. The summed E-state index contributed by atoms with van der Waals surface area (Å²) in [5.74, 6) is -0.822. The number of halogens is 3. The first-order valence-corrected chi connectivity index (χ1v) is 10.4. The number of thioether (sulfide) groups is 1. The fraction of sp³-hybridized carbons (Fsp3) is 0.143. The Bertz CT molecular complexity index is 1340. The van der Waals surface area contributed by atoms with E-state index in [4.69, 9.17) is 0 Å². The van der Waals surface area contributed by atoms with E-state index < -0.39 is 28.8 Å². The highest BCUT2D eigenvalue weighted by Crippen LogP contribution is 2.25. The molecule has 0 fully saturated rings. The normalized spacial score (nSPS) is 12.5. The van der Waals surface area contributed by atoms with Crippen molar-refractivity contribution in [3.05, 3.63) is 71.1 Å². The standard InChI is InChI=1S/C21H16F3N5O3S/c1-12(18(30)26-13-7-9-15(10-8-13)32-21(22,23)24)33-20-27-17-16(19(31)28-20)11-25-29(17)14-5-3-2-4-6-14/h2-12H,1H3,(H,26,30)(H,27,28,31)/t12-/m0/s1. The fourth-order valence-electron chi connectivity index (χ4n) is 2.92. The molecule has 4 rings (SSSR count). The first kappa shape index (κ1) is 22.4. The summed E-state index contributed by atoms with van der Waals surface area (Å²) in [6.07, 6.45) is -3.37. The van der Waals surface area contributed by atoms with Gasteiger partial charge in [0.15, 0.2) is 10.8 Å². The molecular weight excluding hydrogens is 459 g/mol. The van der Waals surface area contributed by atoms with E-state index in [9.17, 15) is 22.8 Å². The summed E-state index contributed by atoms with van der Waals surface area (Å²) in [6, 6.07) is 13.9. The number of para-hydroxylation sites is 1. The van der Waals surface area contributed by atoms with Crippen LogP contribution in [-0.4, -0.2) is 37.3 Å². The largest absolute Gasteiger partial charge is 0.573 e. The number of ether oxygens (including phenoxy) is 1. The maximum atomic E-state index is 12.5. The number of aromatic nitrogens is 4. The predicted octanol–water partition coefficient (Wildman–Crippen LogP) is 4.13. The number of H-pyrrole nitrogens is 1. The lowest BCUT2D eigenvalue weighted by atomic mass is 10.3. The van der Waals surface area contributed by atoms with Gasteiger partial charge in [-0.1, -0.05) is 30.0 Å². The van der Waals surface area contributed by atoms with Gasteiger partial charge in [0.25, 0.3) is 5.56 Å². The van der Waals surface area contributed by atoms with Crippen LogP contribution in [0.3, 0.4) is 0 Å². The summed E-state index contributed by atoms with van der Waals surface area (Å²) < 4.78 is 42.1. The number of benzene rings is 2. The zero-order valence-corrected chi connectivity index (χ0v) is 17.8. The third-order valence-corrected chi connectivity index (χ3v) is 5.41. The van der Waals surface area contributed by atoms with Crippen molar-refractivity contribution in [3.8, 4) is 11.4 Å². The van der Waals surface area contributed by atoms with Crippen molar-refractivity contribution in [2.75, 3.05) is 5.32 Å². The molecule has 0 aliphatic rings. The van der Waals surface area contributed by atoms with Crippen LogP contribution in [-0.2, 0) is 4.79 Å². The summed E-state index contributed by atoms with van der Waals surface area (Å²) in [6.45, 7) is 1.61. The zero-order valence-electron chi connectivity index (χ0n) is 17.0. The molecule has 0 radical (unpaired) electrons. The second kappa shape index (κ2) is 8.98. The van der Waals surface area contributed by atoms with E-state index in [0.717, 1.165) is 29.6 Å². The van der Waals surface area contributed by atoms with E-state index in [2.05, 4.69) is 25.1 Å². The first-order chi connectivity index (χ1) is 15.7. The average molecular weight is 475 g/mol. The van der Waals surface area contributed by atoms with Crippen LogP contribution in [0.5, 0.6) is 5.75 Å². The van der Waals surface area contributed by atoms with Crippen molar-refractivity contribution in [1.82, 2.24) is 19.7 Å². The number of carbonyl (C=O) groups excluding carboxylic acids is 1. The van der Waals surface area contributed by atoms with Crippen LogP contribution in [0, 0.1) is 0 Å². The number of nitrogens with zero attached hydrogens (tertiary/aromatic N) is 3. The van der Waals surface area contributed by atoms with E-state index in [1.165, 1.54) is 23.0 Å². The molecule has 0 saturated heterocycles. The maximum absolute atomic E-state index is 12.5. The summed E-state index contributed by atoms with van der Waals surface area (Å²) in [5, 5.41) is 6.69. The molecule has 0 saturated carbocycles. The van der Waals surface area contributed by atoms with E-state index in [1.807, 2.05) is 30.3 Å². The molecule has 0 aliphatic carbocycles. The minimum absolute atomic E-state index is 0.224. The maximum Gasteiger partial charge on any atom is 0.573 e. The molecule has 0 unspecified atom stereocenters. The molecule has 0 bridgehead atoms. The molecule has 2 aromatic heterocycles. The van der Waals surface area contributed by atoms with Gasteiger partial charge in [0.05, 0.1) is 17.1 Å². The molecular formula is C21H16F3N5O3S. The number of fused-ring (bicyclic) bond motifs is 1. The number of anilines is 1. The zero-order chi connectivity index (χ0) is 23.6. The second-order valence-corrected chi connectivity index (χ2v) is 8.15. The van der Waals surface area contributed by atoms with Gasteiger partial charge in [-0.05, 0) is 43.3 Å². The molecule has 33 heavy (non-hydrogen) atoms. The molecule has 1 amide bonds. The summed E-state index contributed by atoms with van der Waals surface area (Å²) in [5.41, 5.74) is 0.976. The highest BCUT2D eigenvalue weighted by atomic mass is 32.2. The van der Waals surface area contributed by atoms with E-state index in [1.54, 1.807) is 6.92 Å². The number of nitrogens with one attached hydrogen (secondary N) is 2. The minimum Gasteiger partial charge on any atom is -0.406 e. The van der Waals surface area contributed by atoms with Gasteiger partial charge in [-0.25, -0.2) is 9.67 Å². The minimum atomic E-state index is -4.79. The molecule has 170 valence electrons. The number of amides is 1. The predicted molar refractivity (Wildman–Crippen MR) is 117 cm³/mol.